The van der Waals surface area contributed by atoms with Crippen LogP contribution in [0.15, 0.2) is 16.9 Å². The molecule has 84 valence electrons. The summed E-state index contributed by atoms with van der Waals surface area (Å²) in [6.45, 7) is 5.98. The molecule has 0 bridgehead atoms. The Bertz CT molecular complexity index is 304. The third kappa shape index (κ3) is 3.38. The lowest BCUT2D eigenvalue weighted by Gasteiger charge is -2.21. The zero-order valence-corrected chi connectivity index (χ0v) is 9.54. The molecule has 1 aromatic heterocycles. The van der Waals surface area contributed by atoms with E-state index >= 15 is 0 Å². The van der Waals surface area contributed by atoms with Gasteiger partial charge in [0.25, 0.3) is 0 Å². The number of unbranched alkanes of at least 4 members (excludes halogenated alkanes) is 1. The van der Waals surface area contributed by atoms with Crippen molar-refractivity contribution in [1.29, 1.82) is 0 Å². The number of hydrogen-bond donors (Lipinski definition) is 1. The van der Waals surface area contributed by atoms with Crippen molar-refractivity contribution in [3.05, 3.63) is 12.5 Å². The lowest BCUT2D eigenvalue weighted by molar-refractivity contribution is -0.124. The lowest BCUT2D eigenvalue weighted by Crippen LogP contribution is -2.30. The molecular weight excluding hydrogens is 192 g/mol. The van der Waals surface area contributed by atoms with Crippen molar-refractivity contribution in [2.75, 3.05) is 5.32 Å². The Kier molecular flexibility index (Phi) is 3.88. The molecule has 1 aromatic rings. The fourth-order valence-electron chi connectivity index (χ4n) is 1.28. The normalized spacial score (nSPS) is 11.4. The summed E-state index contributed by atoms with van der Waals surface area (Å²) in [5.74, 6) is -0.0431. The fraction of sp³-hybridized carbons (Fsp3) is 0.636. The van der Waals surface area contributed by atoms with Crippen LogP contribution in [-0.4, -0.2) is 10.9 Å². The van der Waals surface area contributed by atoms with Gasteiger partial charge in [-0.3, -0.25) is 10.1 Å². The average Bonchev–Trinajstić information content (AvgIpc) is 2.67. The maximum absolute atomic E-state index is 11.8. The molecule has 0 unspecified atom stereocenters. The number of amides is 1. The van der Waals surface area contributed by atoms with Crippen molar-refractivity contribution in [2.45, 2.75) is 40.0 Å². The summed E-state index contributed by atoms with van der Waals surface area (Å²) in [6.07, 6.45) is 5.96. The minimum absolute atomic E-state index is 0.0431. The summed E-state index contributed by atoms with van der Waals surface area (Å²) in [6, 6.07) is 0.268. The highest BCUT2D eigenvalue weighted by atomic mass is 16.4. The zero-order valence-electron chi connectivity index (χ0n) is 9.54. The number of rotatable bonds is 5. The van der Waals surface area contributed by atoms with E-state index in [9.17, 15) is 4.79 Å². The highest BCUT2D eigenvalue weighted by Crippen LogP contribution is 2.24. The molecule has 0 fully saturated rings. The zero-order chi connectivity index (χ0) is 11.3. The monoisotopic (exact) mass is 210 g/mol. The van der Waals surface area contributed by atoms with E-state index in [0.29, 0.717) is 0 Å². The Morgan fingerprint density at radius 2 is 2.33 bits per heavy atom. The number of carbonyl (C=O) groups excluding carboxylic acids is 1. The molecule has 4 nitrogen and oxygen atoms in total. The van der Waals surface area contributed by atoms with E-state index in [-0.39, 0.29) is 17.3 Å². The Hall–Kier alpha value is -1.32. The Morgan fingerprint density at radius 3 is 2.87 bits per heavy atom. The van der Waals surface area contributed by atoms with Crippen LogP contribution in [0.4, 0.5) is 6.01 Å². The summed E-state index contributed by atoms with van der Waals surface area (Å²) >= 11 is 0. The Balaban J connectivity index is 2.52. The van der Waals surface area contributed by atoms with Crippen LogP contribution in [0.1, 0.15) is 40.0 Å². The second-order valence-electron chi connectivity index (χ2n) is 4.28. The van der Waals surface area contributed by atoms with Crippen molar-refractivity contribution in [3.63, 3.8) is 0 Å². The van der Waals surface area contributed by atoms with Gasteiger partial charge in [0.1, 0.15) is 6.26 Å². The molecule has 0 radical (unpaired) electrons. The predicted molar refractivity (Wildman–Crippen MR) is 58.4 cm³/mol. The van der Waals surface area contributed by atoms with E-state index in [4.69, 9.17) is 4.42 Å². The van der Waals surface area contributed by atoms with Crippen molar-refractivity contribution >= 4 is 11.9 Å². The SMILES string of the molecule is CCCCC(C)(C)C(=O)Nc1ncco1. The van der Waals surface area contributed by atoms with Gasteiger partial charge in [0.15, 0.2) is 0 Å². The number of anilines is 1. The second-order valence-corrected chi connectivity index (χ2v) is 4.28. The standard InChI is InChI=1S/C11H18N2O2/c1-4-5-6-11(2,3)9(14)13-10-12-7-8-15-10/h7-8H,4-6H2,1-3H3,(H,12,13,14). The first-order chi connectivity index (χ1) is 7.06. The van der Waals surface area contributed by atoms with E-state index in [1.165, 1.54) is 12.5 Å². The highest BCUT2D eigenvalue weighted by molar-refractivity contribution is 5.92. The number of nitrogens with one attached hydrogen (secondary N) is 1. The van der Waals surface area contributed by atoms with Gasteiger partial charge >= 0.3 is 6.01 Å². The van der Waals surface area contributed by atoms with Gasteiger partial charge in [-0.05, 0) is 6.42 Å². The Morgan fingerprint density at radius 1 is 1.60 bits per heavy atom. The number of carbonyl (C=O) groups is 1. The van der Waals surface area contributed by atoms with Gasteiger partial charge in [0.2, 0.25) is 5.91 Å². The van der Waals surface area contributed by atoms with Crippen molar-refractivity contribution in [1.82, 2.24) is 4.98 Å². The van der Waals surface area contributed by atoms with Gasteiger partial charge in [0.05, 0.1) is 6.20 Å². The van der Waals surface area contributed by atoms with E-state index in [1.807, 2.05) is 13.8 Å². The smallest absolute Gasteiger partial charge is 0.301 e. The van der Waals surface area contributed by atoms with Crippen molar-refractivity contribution in [2.24, 2.45) is 5.41 Å². The van der Waals surface area contributed by atoms with E-state index in [2.05, 4.69) is 17.2 Å². The molecule has 0 atom stereocenters. The molecular formula is C11H18N2O2. The molecule has 1 rings (SSSR count). The second kappa shape index (κ2) is 4.96. The third-order valence-electron chi connectivity index (χ3n) is 2.42. The first-order valence-electron chi connectivity index (χ1n) is 5.27. The topological polar surface area (TPSA) is 55.1 Å². The minimum Gasteiger partial charge on any atom is -0.432 e. The van der Waals surface area contributed by atoms with Crippen LogP contribution in [-0.2, 0) is 4.79 Å². The van der Waals surface area contributed by atoms with Gasteiger partial charge in [-0.2, -0.15) is 0 Å². The number of aromatic nitrogens is 1. The maximum atomic E-state index is 11.8. The summed E-state index contributed by atoms with van der Waals surface area (Å²) < 4.78 is 4.96. The minimum atomic E-state index is -0.371. The number of nitrogens with zero attached hydrogens (tertiary/aromatic N) is 1. The number of oxazole rings is 1. The van der Waals surface area contributed by atoms with Crippen molar-refractivity contribution in [3.8, 4) is 0 Å². The highest BCUT2D eigenvalue weighted by Gasteiger charge is 2.27. The molecule has 1 amide bonds. The van der Waals surface area contributed by atoms with Crippen LogP contribution < -0.4 is 5.32 Å². The molecule has 0 spiro atoms. The van der Waals surface area contributed by atoms with Crippen LogP contribution in [0.2, 0.25) is 0 Å². The average molecular weight is 210 g/mol. The molecule has 0 aromatic carbocycles. The molecule has 0 aliphatic carbocycles. The van der Waals surface area contributed by atoms with Gasteiger partial charge in [-0.25, -0.2) is 4.98 Å². The van der Waals surface area contributed by atoms with E-state index in [0.717, 1.165) is 19.3 Å². The molecule has 0 aliphatic heterocycles. The fourth-order valence-corrected chi connectivity index (χ4v) is 1.28. The van der Waals surface area contributed by atoms with Gasteiger partial charge in [-0.15, -0.1) is 0 Å². The van der Waals surface area contributed by atoms with Crippen LogP contribution in [0.5, 0.6) is 0 Å². The summed E-state index contributed by atoms with van der Waals surface area (Å²) in [4.78, 5) is 15.7. The molecule has 0 saturated carbocycles. The van der Waals surface area contributed by atoms with Crippen molar-refractivity contribution < 1.29 is 9.21 Å². The quantitative estimate of drug-likeness (QED) is 0.813. The van der Waals surface area contributed by atoms with Crippen LogP contribution in [0.3, 0.4) is 0 Å². The van der Waals surface area contributed by atoms with Gasteiger partial charge in [0, 0.05) is 5.41 Å². The number of hydrogen-bond acceptors (Lipinski definition) is 3. The van der Waals surface area contributed by atoms with E-state index in [1.54, 1.807) is 0 Å². The Labute approximate surface area is 90.1 Å². The van der Waals surface area contributed by atoms with Crippen LogP contribution in [0, 0.1) is 5.41 Å². The molecule has 1 N–H and O–H groups in total. The molecule has 1 heterocycles. The summed E-state index contributed by atoms with van der Waals surface area (Å²) in [7, 11) is 0. The molecule has 15 heavy (non-hydrogen) atoms. The predicted octanol–water partition coefficient (Wildman–Crippen LogP) is 2.83. The first kappa shape index (κ1) is 11.8. The maximum Gasteiger partial charge on any atom is 0.301 e. The summed E-state index contributed by atoms with van der Waals surface area (Å²) in [5, 5.41) is 2.65. The largest absolute Gasteiger partial charge is 0.432 e. The van der Waals surface area contributed by atoms with E-state index < -0.39 is 0 Å². The third-order valence-corrected chi connectivity index (χ3v) is 2.42. The molecule has 0 saturated heterocycles. The lowest BCUT2D eigenvalue weighted by atomic mass is 9.86. The van der Waals surface area contributed by atoms with Gasteiger partial charge in [-0.1, -0.05) is 33.6 Å². The van der Waals surface area contributed by atoms with Crippen LogP contribution in [0.25, 0.3) is 0 Å². The molecule has 0 aliphatic rings. The van der Waals surface area contributed by atoms with Gasteiger partial charge < -0.3 is 4.42 Å². The first-order valence-corrected chi connectivity index (χ1v) is 5.27. The molecule has 4 heteroatoms. The summed E-state index contributed by atoms with van der Waals surface area (Å²) in [5.41, 5.74) is -0.371. The van der Waals surface area contributed by atoms with Crippen LogP contribution >= 0.6 is 0 Å².